The molecule has 1 atom stereocenters. The van der Waals surface area contributed by atoms with E-state index >= 15 is 0 Å². The quantitative estimate of drug-likeness (QED) is 0.870. The monoisotopic (exact) mass is 316 g/mol. The lowest BCUT2D eigenvalue weighted by atomic mass is 10.2. The molecular formula is C16H20N4OS. The predicted molar refractivity (Wildman–Crippen MR) is 88.2 cm³/mol. The minimum absolute atomic E-state index is 0.0751. The van der Waals surface area contributed by atoms with Crippen molar-refractivity contribution in [3.63, 3.8) is 0 Å². The van der Waals surface area contributed by atoms with Gasteiger partial charge in [-0.1, -0.05) is 36.4 Å². The van der Waals surface area contributed by atoms with Crippen molar-refractivity contribution in [2.75, 3.05) is 11.4 Å². The summed E-state index contributed by atoms with van der Waals surface area (Å²) in [4.78, 5) is 14.5. The number of benzene rings is 1. The van der Waals surface area contributed by atoms with Crippen molar-refractivity contribution in [1.29, 1.82) is 0 Å². The summed E-state index contributed by atoms with van der Waals surface area (Å²) in [5.74, 6) is 1.11. The Hall–Kier alpha value is -1.82. The molecule has 2 aromatic rings. The van der Waals surface area contributed by atoms with Crippen LogP contribution in [0.2, 0.25) is 0 Å². The minimum Gasteiger partial charge on any atom is -0.311 e. The molecule has 0 N–H and O–H groups in total. The number of nitrogens with zero attached hydrogens (tertiary/aromatic N) is 4. The summed E-state index contributed by atoms with van der Waals surface area (Å²) < 4.78 is 1.98. The van der Waals surface area contributed by atoms with E-state index in [0.29, 0.717) is 0 Å². The molecule has 5 nitrogen and oxygen atoms in total. The molecule has 2 heterocycles. The normalized spacial score (nSPS) is 18.2. The van der Waals surface area contributed by atoms with Gasteiger partial charge in [0.15, 0.2) is 5.16 Å². The standard InChI is InChI=1S/C16H20N4OS/c1-4-14-17-18-16(19(14)3)22-13-9-10-20(15(13)21)12-7-5-11(2)6-8-12/h5-8,13H,4,9-10H2,1-3H3. The van der Waals surface area contributed by atoms with Crippen LogP contribution in [0.25, 0.3) is 0 Å². The maximum Gasteiger partial charge on any atom is 0.240 e. The molecular weight excluding hydrogens is 296 g/mol. The Bertz CT molecular complexity index is 680. The number of carbonyl (C=O) groups is 1. The summed E-state index contributed by atoms with van der Waals surface area (Å²) in [6.07, 6.45) is 1.68. The number of aryl methyl sites for hydroxylation is 2. The summed E-state index contributed by atoms with van der Waals surface area (Å²) in [5.41, 5.74) is 2.18. The number of thioether (sulfide) groups is 1. The van der Waals surface area contributed by atoms with Crippen molar-refractivity contribution >= 4 is 23.4 Å². The molecule has 0 spiro atoms. The lowest BCUT2D eigenvalue weighted by molar-refractivity contribution is -0.116. The molecule has 0 aliphatic carbocycles. The predicted octanol–water partition coefficient (Wildman–Crippen LogP) is 2.58. The molecule has 22 heavy (non-hydrogen) atoms. The molecule has 1 amide bonds. The van der Waals surface area contributed by atoms with Crippen molar-refractivity contribution < 1.29 is 4.79 Å². The third-order valence-electron chi connectivity index (χ3n) is 3.99. The molecule has 1 aliphatic heterocycles. The summed E-state index contributed by atoms with van der Waals surface area (Å²) >= 11 is 1.52. The first kappa shape index (κ1) is 15.1. The number of hydrogen-bond acceptors (Lipinski definition) is 4. The van der Waals surface area contributed by atoms with E-state index in [4.69, 9.17) is 0 Å². The Kier molecular flexibility index (Phi) is 4.20. The minimum atomic E-state index is -0.0751. The van der Waals surface area contributed by atoms with Crippen molar-refractivity contribution in [3.8, 4) is 0 Å². The van der Waals surface area contributed by atoms with Gasteiger partial charge in [-0.25, -0.2) is 0 Å². The Labute approximate surface area is 134 Å². The average molecular weight is 316 g/mol. The van der Waals surface area contributed by atoms with E-state index in [1.165, 1.54) is 17.3 Å². The summed E-state index contributed by atoms with van der Waals surface area (Å²) in [6.45, 7) is 4.87. The average Bonchev–Trinajstić information content (AvgIpc) is 3.05. The number of carbonyl (C=O) groups excluding carboxylic acids is 1. The number of hydrogen-bond donors (Lipinski definition) is 0. The third-order valence-corrected chi connectivity index (χ3v) is 5.28. The molecule has 116 valence electrons. The Balaban J connectivity index is 1.73. The largest absolute Gasteiger partial charge is 0.311 e. The van der Waals surface area contributed by atoms with Gasteiger partial charge in [-0.15, -0.1) is 10.2 Å². The number of amides is 1. The van der Waals surface area contributed by atoms with Crippen LogP contribution in [-0.2, 0) is 18.3 Å². The number of rotatable bonds is 4. The van der Waals surface area contributed by atoms with Crippen LogP contribution in [0.3, 0.4) is 0 Å². The highest BCUT2D eigenvalue weighted by Crippen LogP contribution is 2.32. The van der Waals surface area contributed by atoms with E-state index in [2.05, 4.69) is 17.1 Å². The van der Waals surface area contributed by atoms with Gasteiger partial charge in [-0.3, -0.25) is 4.79 Å². The van der Waals surface area contributed by atoms with Crippen LogP contribution < -0.4 is 4.90 Å². The maximum atomic E-state index is 12.6. The molecule has 1 aromatic carbocycles. The molecule has 3 rings (SSSR count). The highest BCUT2D eigenvalue weighted by Gasteiger charge is 2.34. The first-order valence-corrected chi connectivity index (χ1v) is 8.41. The first-order chi connectivity index (χ1) is 10.6. The molecule has 1 fully saturated rings. The Morgan fingerprint density at radius 3 is 2.64 bits per heavy atom. The van der Waals surface area contributed by atoms with E-state index in [1.54, 1.807) is 0 Å². The first-order valence-electron chi connectivity index (χ1n) is 7.53. The smallest absolute Gasteiger partial charge is 0.240 e. The number of aromatic nitrogens is 3. The van der Waals surface area contributed by atoms with Crippen molar-refractivity contribution in [1.82, 2.24) is 14.8 Å². The zero-order valence-corrected chi connectivity index (χ0v) is 13.9. The molecule has 1 unspecified atom stereocenters. The summed E-state index contributed by atoms with van der Waals surface area (Å²) in [7, 11) is 1.96. The van der Waals surface area contributed by atoms with E-state index < -0.39 is 0 Å². The fourth-order valence-electron chi connectivity index (χ4n) is 2.63. The van der Waals surface area contributed by atoms with Crippen LogP contribution in [0.1, 0.15) is 24.7 Å². The topological polar surface area (TPSA) is 51.0 Å². The van der Waals surface area contributed by atoms with Gasteiger partial charge in [0, 0.05) is 25.7 Å². The van der Waals surface area contributed by atoms with Gasteiger partial charge < -0.3 is 9.47 Å². The highest BCUT2D eigenvalue weighted by atomic mass is 32.2. The fourth-order valence-corrected chi connectivity index (χ4v) is 3.68. The van der Waals surface area contributed by atoms with Gasteiger partial charge in [0.2, 0.25) is 5.91 Å². The van der Waals surface area contributed by atoms with Crippen molar-refractivity contribution in [2.45, 2.75) is 37.1 Å². The highest BCUT2D eigenvalue weighted by molar-refractivity contribution is 8.00. The van der Waals surface area contributed by atoms with Crippen molar-refractivity contribution in [2.24, 2.45) is 7.05 Å². The van der Waals surface area contributed by atoms with Crippen LogP contribution in [0, 0.1) is 6.92 Å². The molecule has 1 saturated heterocycles. The molecule has 0 radical (unpaired) electrons. The molecule has 1 aromatic heterocycles. The van der Waals surface area contributed by atoms with Crippen LogP contribution in [-0.4, -0.2) is 32.5 Å². The van der Waals surface area contributed by atoms with Gasteiger partial charge in [0.25, 0.3) is 0 Å². The SMILES string of the molecule is CCc1nnc(SC2CCN(c3ccc(C)cc3)C2=O)n1C. The Morgan fingerprint density at radius 2 is 2.00 bits per heavy atom. The van der Waals surface area contributed by atoms with Gasteiger partial charge in [0.05, 0.1) is 5.25 Å². The van der Waals surface area contributed by atoms with E-state index in [0.717, 1.165) is 36.1 Å². The zero-order chi connectivity index (χ0) is 15.7. The second-order valence-electron chi connectivity index (χ2n) is 5.53. The molecule has 6 heteroatoms. The lowest BCUT2D eigenvalue weighted by Crippen LogP contribution is -2.28. The summed E-state index contributed by atoms with van der Waals surface area (Å²) in [6, 6.07) is 8.11. The Morgan fingerprint density at radius 1 is 1.27 bits per heavy atom. The van der Waals surface area contributed by atoms with Crippen molar-refractivity contribution in [3.05, 3.63) is 35.7 Å². The van der Waals surface area contributed by atoms with Crippen LogP contribution >= 0.6 is 11.8 Å². The van der Waals surface area contributed by atoms with Crippen LogP contribution in [0.15, 0.2) is 29.4 Å². The molecule has 1 aliphatic rings. The second-order valence-corrected chi connectivity index (χ2v) is 6.70. The van der Waals surface area contributed by atoms with Gasteiger partial charge in [0.1, 0.15) is 5.82 Å². The van der Waals surface area contributed by atoms with Gasteiger partial charge in [-0.05, 0) is 25.5 Å². The molecule has 0 bridgehead atoms. The maximum absolute atomic E-state index is 12.6. The van der Waals surface area contributed by atoms with E-state index in [9.17, 15) is 4.79 Å². The second kappa shape index (κ2) is 6.12. The van der Waals surface area contributed by atoms with Gasteiger partial charge in [-0.2, -0.15) is 0 Å². The lowest BCUT2D eigenvalue weighted by Gasteiger charge is -2.16. The fraction of sp³-hybridized carbons (Fsp3) is 0.438. The molecule has 0 saturated carbocycles. The third kappa shape index (κ3) is 2.75. The van der Waals surface area contributed by atoms with Crippen LogP contribution in [0.5, 0.6) is 0 Å². The summed E-state index contributed by atoms with van der Waals surface area (Å²) in [5, 5.41) is 9.10. The zero-order valence-electron chi connectivity index (χ0n) is 13.1. The number of anilines is 1. The van der Waals surface area contributed by atoms with Gasteiger partial charge >= 0.3 is 0 Å². The van der Waals surface area contributed by atoms with Crippen LogP contribution in [0.4, 0.5) is 5.69 Å². The van der Waals surface area contributed by atoms with E-state index in [-0.39, 0.29) is 11.2 Å². The van der Waals surface area contributed by atoms with E-state index in [1.807, 2.05) is 47.7 Å².